The van der Waals surface area contributed by atoms with Crippen LogP contribution in [0.1, 0.15) is 36.1 Å². The summed E-state index contributed by atoms with van der Waals surface area (Å²) in [6.07, 6.45) is 1.21. The Bertz CT molecular complexity index is 661. The number of nitrogens with zero attached hydrogens (tertiary/aromatic N) is 1. The Labute approximate surface area is 145 Å². The van der Waals surface area contributed by atoms with Gasteiger partial charge in [0.1, 0.15) is 6.10 Å². The van der Waals surface area contributed by atoms with E-state index in [1.54, 1.807) is 24.3 Å². The van der Waals surface area contributed by atoms with Crippen molar-refractivity contribution < 1.29 is 14.6 Å². The second kappa shape index (κ2) is 8.29. The molecule has 1 aromatic carbocycles. The normalized spacial score (nSPS) is 13.4. The molecule has 4 nitrogen and oxygen atoms in total. The van der Waals surface area contributed by atoms with E-state index in [-0.39, 0.29) is 18.3 Å². The Morgan fingerprint density at radius 3 is 2.65 bits per heavy atom. The lowest BCUT2D eigenvalue weighted by atomic mass is 9.87. The van der Waals surface area contributed by atoms with Crippen molar-refractivity contribution in [3.05, 3.63) is 63.9 Å². The van der Waals surface area contributed by atoms with Crippen molar-refractivity contribution in [2.75, 3.05) is 7.11 Å². The minimum atomic E-state index is -0.879. The molecule has 0 aliphatic heterocycles. The Hall–Kier alpha value is -1.62. The second-order valence-electron chi connectivity index (χ2n) is 5.12. The first kappa shape index (κ1) is 17.7. The Morgan fingerprint density at radius 2 is 2.04 bits per heavy atom. The molecular formula is C17H17Cl2NO3. The largest absolute Gasteiger partial charge is 0.469 e. The summed E-state index contributed by atoms with van der Waals surface area (Å²) in [4.78, 5) is 15.6. The number of methoxy groups -OCH3 is 1. The Kier molecular flexibility index (Phi) is 6.39. The Balaban J connectivity index is 2.28. The number of aliphatic hydroxyl groups excluding tert-OH is 1. The number of hydrogen-bond acceptors (Lipinski definition) is 4. The molecule has 23 heavy (non-hydrogen) atoms. The highest BCUT2D eigenvalue weighted by Gasteiger charge is 2.25. The standard InChI is InChI=1S/C17H17Cl2NO3/c1-23-16(21)8-6-14(11-3-2-4-12(18)9-11)17(22)15-7-5-13(19)10-20-15/h2-5,7,9-10,14,17,22H,6,8H2,1H3/t14-,17-/m1/s1. The monoisotopic (exact) mass is 353 g/mol. The predicted octanol–water partition coefficient (Wildman–Crippen LogP) is 4.16. The van der Waals surface area contributed by atoms with Gasteiger partial charge in [-0.05, 0) is 36.2 Å². The van der Waals surface area contributed by atoms with E-state index in [4.69, 9.17) is 23.2 Å². The zero-order valence-electron chi connectivity index (χ0n) is 12.6. The van der Waals surface area contributed by atoms with Crippen LogP contribution in [0.3, 0.4) is 0 Å². The van der Waals surface area contributed by atoms with Crippen molar-refractivity contribution in [2.24, 2.45) is 0 Å². The number of esters is 1. The van der Waals surface area contributed by atoms with E-state index in [1.807, 2.05) is 12.1 Å². The molecule has 0 radical (unpaired) electrons. The quantitative estimate of drug-likeness (QED) is 0.792. The molecule has 0 fully saturated rings. The molecule has 2 rings (SSSR count). The molecule has 0 unspecified atom stereocenters. The van der Waals surface area contributed by atoms with Crippen molar-refractivity contribution in [3.63, 3.8) is 0 Å². The van der Waals surface area contributed by atoms with Crippen molar-refractivity contribution in [1.29, 1.82) is 0 Å². The molecular weight excluding hydrogens is 337 g/mol. The van der Waals surface area contributed by atoms with Crippen LogP contribution in [-0.4, -0.2) is 23.2 Å². The summed E-state index contributed by atoms with van der Waals surface area (Å²) in [7, 11) is 1.34. The molecule has 0 saturated heterocycles. The third-order valence-corrected chi connectivity index (χ3v) is 4.06. The van der Waals surface area contributed by atoms with Crippen molar-refractivity contribution >= 4 is 29.2 Å². The van der Waals surface area contributed by atoms with Crippen LogP contribution in [0.2, 0.25) is 10.0 Å². The fourth-order valence-electron chi connectivity index (χ4n) is 2.39. The first-order valence-electron chi connectivity index (χ1n) is 7.13. The van der Waals surface area contributed by atoms with E-state index < -0.39 is 6.10 Å². The number of carbonyl (C=O) groups excluding carboxylic acids is 1. The SMILES string of the molecule is COC(=O)CC[C@H](c1cccc(Cl)c1)[C@@H](O)c1ccc(Cl)cn1. The lowest BCUT2D eigenvalue weighted by Gasteiger charge is -2.23. The number of halogens is 2. The molecule has 0 spiro atoms. The molecule has 2 aromatic rings. The third-order valence-electron chi connectivity index (χ3n) is 3.60. The van der Waals surface area contributed by atoms with Gasteiger partial charge in [0, 0.05) is 23.6 Å². The van der Waals surface area contributed by atoms with Crippen LogP contribution in [0.15, 0.2) is 42.6 Å². The molecule has 1 aromatic heterocycles. The molecule has 0 amide bonds. The van der Waals surface area contributed by atoms with Crippen LogP contribution in [0.5, 0.6) is 0 Å². The van der Waals surface area contributed by atoms with Crippen LogP contribution in [-0.2, 0) is 9.53 Å². The molecule has 0 aliphatic carbocycles. The first-order chi connectivity index (χ1) is 11.0. The van der Waals surface area contributed by atoms with Gasteiger partial charge >= 0.3 is 5.97 Å². The first-order valence-corrected chi connectivity index (χ1v) is 7.88. The number of rotatable bonds is 6. The third kappa shape index (κ3) is 4.93. The zero-order valence-corrected chi connectivity index (χ0v) is 14.1. The molecule has 122 valence electrons. The molecule has 0 saturated carbocycles. The molecule has 6 heteroatoms. The van der Waals surface area contributed by atoms with E-state index in [0.29, 0.717) is 22.2 Å². The topological polar surface area (TPSA) is 59.4 Å². The van der Waals surface area contributed by atoms with Crippen LogP contribution >= 0.6 is 23.2 Å². The smallest absolute Gasteiger partial charge is 0.305 e. The average Bonchev–Trinajstić information content (AvgIpc) is 2.55. The highest BCUT2D eigenvalue weighted by molar-refractivity contribution is 6.30. The maximum absolute atomic E-state index is 11.5. The summed E-state index contributed by atoms with van der Waals surface area (Å²) in [6.45, 7) is 0. The summed E-state index contributed by atoms with van der Waals surface area (Å²) in [6, 6.07) is 10.6. The van der Waals surface area contributed by atoms with Gasteiger partial charge in [-0.25, -0.2) is 0 Å². The number of hydrogen-bond donors (Lipinski definition) is 1. The Morgan fingerprint density at radius 1 is 1.26 bits per heavy atom. The minimum absolute atomic E-state index is 0.193. The van der Waals surface area contributed by atoms with Gasteiger partial charge in [-0.3, -0.25) is 9.78 Å². The van der Waals surface area contributed by atoms with Gasteiger partial charge in [-0.1, -0.05) is 35.3 Å². The van der Waals surface area contributed by atoms with Crippen LogP contribution in [0.4, 0.5) is 0 Å². The van der Waals surface area contributed by atoms with E-state index in [9.17, 15) is 9.90 Å². The second-order valence-corrected chi connectivity index (χ2v) is 6.00. The molecule has 0 aliphatic rings. The van der Waals surface area contributed by atoms with Gasteiger partial charge in [-0.2, -0.15) is 0 Å². The molecule has 1 N–H and O–H groups in total. The van der Waals surface area contributed by atoms with Crippen molar-refractivity contribution in [2.45, 2.75) is 24.9 Å². The average molecular weight is 354 g/mol. The number of ether oxygens (including phenoxy) is 1. The van der Waals surface area contributed by atoms with Crippen molar-refractivity contribution in [3.8, 4) is 0 Å². The van der Waals surface area contributed by atoms with Crippen LogP contribution < -0.4 is 0 Å². The maximum atomic E-state index is 11.5. The molecule has 1 heterocycles. The zero-order chi connectivity index (χ0) is 16.8. The maximum Gasteiger partial charge on any atom is 0.305 e. The van der Waals surface area contributed by atoms with Gasteiger partial charge in [0.15, 0.2) is 0 Å². The summed E-state index contributed by atoms with van der Waals surface area (Å²) in [5.41, 5.74) is 1.33. The molecule has 0 bridgehead atoms. The van der Waals surface area contributed by atoms with Gasteiger partial charge < -0.3 is 9.84 Å². The summed E-state index contributed by atoms with van der Waals surface area (Å²) < 4.78 is 4.68. The number of aromatic nitrogens is 1. The van der Waals surface area contributed by atoms with Gasteiger partial charge in [0.05, 0.1) is 17.8 Å². The van der Waals surface area contributed by atoms with E-state index in [1.165, 1.54) is 13.3 Å². The highest BCUT2D eigenvalue weighted by atomic mass is 35.5. The molecule has 2 atom stereocenters. The fraction of sp³-hybridized carbons (Fsp3) is 0.294. The highest BCUT2D eigenvalue weighted by Crippen LogP contribution is 2.35. The number of benzene rings is 1. The van der Waals surface area contributed by atoms with E-state index in [2.05, 4.69) is 9.72 Å². The fourth-order valence-corrected chi connectivity index (χ4v) is 2.70. The van der Waals surface area contributed by atoms with Gasteiger partial charge in [-0.15, -0.1) is 0 Å². The van der Waals surface area contributed by atoms with E-state index in [0.717, 1.165) is 5.56 Å². The summed E-state index contributed by atoms with van der Waals surface area (Å²) in [5.74, 6) is -0.658. The summed E-state index contributed by atoms with van der Waals surface area (Å²) in [5, 5.41) is 11.8. The predicted molar refractivity (Wildman–Crippen MR) is 89.6 cm³/mol. The number of aliphatic hydroxyl groups is 1. The lowest BCUT2D eigenvalue weighted by Crippen LogP contribution is -2.14. The van der Waals surface area contributed by atoms with Gasteiger partial charge in [0.2, 0.25) is 0 Å². The van der Waals surface area contributed by atoms with Crippen LogP contribution in [0.25, 0.3) is 0 Å². The number of pyridine rings is 1. The van der Waals surface area contributed by atoms with Gasteiger partial charge in [0.25, 0.3) is 0 Å². The summed E-state index contributed by atoms with van der Waals surface area (Å²) >= 11 is 11.9. The lowest BCUT2D eigenvalue weighted by molar-refractivity contribution is -0.140. The minimum Gasteiger partial charge on any atom is -0.469 e. The van der Waals surface area contributed by atoms with E-state index >= 15 is 0 Å². The van der Waals surface area contributed by atoms with Crippen LogP contribution in [0, 0.1) is 0 Å². The van der Waals surface area contributed by atoms with Crippen molar-refractivity contribution in [1.82, 2.24) is 4.98 Å². The number of carbonyl (C=O) groups is 1.